The number of nitrogens with one attached hydrogen (secondary N) is 2. The van der Waals surface area contributed by atoms with E-state index in [0.717, 1.165) is 24.1 Å². The van der Waals surface area contributed by atoms with Crippen LogP contribution in [0.3, 0.4) is 0 Å². The summed E-state index contributed by atoms with van der Waals surface area (Å²) < 4.78 is 10.7. The van der Waals surface area contributed by atoms with E-state index in [-0.39, 0.29) is 12.1 Å². The zero-order valence-electron chi connectivity index (χ0n) is 12.3. The van der Waals surface area contributed by atoms with Gasteiger partial charge in [0.15, 0.2) is 0 Å². The Morgan fingerprint density at radius 2 is 2.19 bits per heavy atom. The van der Waals surface area contributed by atoms with Crippen LogP contribution in [-0.2, 0) is 20.7 Å². The van der Waals surface area contributed by atoms with Crippen LogP contribution in [0.1, 0.15) is 34.6 Å². The van der Waals surface area contributed by atoms with Crippen LogP contribution in [0.4, 0.5) is 0 Å². The van der Waals surface area contributed by atoms with Crippen LogP contribution in [0.15, 0.2) is 18.2 Å². The van der Waals surface area contributed by atoms with Crippen molar-refractivity contribution in [2.45, 2.75) is 19.6 Å². The Balaban J connectivity index is 2.16. The van der Waals surface area contributed by atoms with Crippen LogP contribution in [0, 0.1) is 0 Å². The topological polar surface area (TPSA) is 76.7 Å². The lowest BCUT2D eigenvalue weighted by Gasteiger charge is -2.27. The van der Waals surface area contributed by atoms with Gasteiger partial charge in [-0.15, -0.1) is 0 Å². The molecule has 0 aromatic heterocycles. The summed E-state index contributed by atoms with van der Waals surface area (Å²) in [6.45, 7) is 3.12. The number of fused-ring (bicyclic) bond motifs is 1. The van der Waals surface area contributed by atoms with Crippen molar-refractivity contribution in [3.63, 3.8) is 0 Å². The number of hydrogen-bond acceptors (Lipinski definition) is 5. The van der Waals surface area contributed by atoms with Crippen molar-refractivity contribution in [3.05, 3.63) is 34.9 Å². The smallest absolute Gasteiger partial charge is 0.257 e. The molecule has 1 unspecified atom stereocenters. The van der Waals surface area contributed by atoms with E-state index < -0.39 is 5.91 Å². The lowest BCUT2D eigenvalue weighted by atomic mass is 9.97. The molecule has 1 aliphatic rings. The molecular weight excluding hydrogens is 272 g/mol. The molecule has 1 aromatic rings. The Labute approximate surface area is 123 Å². The van der Waals surface area contributed by atoms with Gasteiger partial charge in [-0.1, -0.05) is 6.07 Å². The molecule has 0 aliphatic carbocycles. The Kier molecular flexibility index (Phi) is 5.44. The van der Waals surface area contributed by atoms with Crippen LogP contribution < -0.4 is 10.6 Å². The zero-order chi connectivity index (χ0) is 15.2. The summed E-state index contributed by atoms with van der Waals surface area (Å²) in [6.07, 6.45) is 0.627. The van der Waals surface area contributed by atoms with Gasteiger partial charge in [-0.05, 0) is 29.7 Å². The van der Waals surface area contributed by atoms with Gasteiger partial charge >= 0.3 is 0 Å². The minimum atomic E-state index is -0.397. The maximum Gasteiger partial charge on any atom is 0.257 e. The van der Waals surface area contributed by atoms with Crippen molar-refractivity contribution >= 4 is 11.8 Å². The standard InChI is InChI=1S/C15H20N2O4/c1-10(18)17-14(19)12-4-3-11-5-6-16-15(13(11)9-12)21-8-7-20-2/h3-4,9,15-16H,5-8H2,1-2H3,(H,17,18,19). The van der Waals surface area contributed by atoms with E-state index in [4.69, 9.17) is 9.47 Å². The average Bonchev–Trinajstić information content (AvgIpc) is 2.46. The average molecular weight is 292 g/mol. The predicted octanol–water partition coefficient (Wildman–Crippen LogP) is 0.770. The van der Waals surface area contributed by atoms with E-state index in [0.29, 0.717) is 18.8 Å². The van der Waals surface area contributed by atoms with Gasteiger partial charge < -0.3 is 9.47 Å². The molecule has 6 nitrogen and oxygen atoms in total. The van der Waals surface area contributed by atoms with Gasteiger partial charge in [0.1, 0.15) is 6.23 Å². The molecule has 0 saturated heterocycles. The van der Waals surface area contributed by atoms with Gasteiger partial charge in [-0.3, -0.25) is 20.2 Å². The van der Waals surface area contributed by atoms with Crippen molar-refractivity contribution < 1.29 is 19.1 Å². The molecule has 1 atom stereocenters. The van der Waals surface area contributed by atoms with Gasteiger partial charge in [0, 0.05) is 26.1 Å². The Bertz CT molecular complexity index is 530. The number of rotatable bonds is 5. The maximum absolute atomic E-state index is 11.9. The fourth-order valence-electron chi connectivity index (χ4n) is 2.29. The second kappa shape index (κ2) is 7.31. The number of benzene rings is 1. The lowest BCUT2D eigenvalue weighted by molar-refractivity contribution is -0.118. The molecule has 2 rings (SSSR count). The molecule has 1 heterocycles. The first kappa shape index (κ1) is 15.6. The number of carbonyl (C=O) groups is 2. The number of amides is 2. The number of imide groups is 1. The lowest BCUT2D eigenvalue weighted by Crippen LogP contribution is -2.33. The molecule has 0 radical (unpaired) electrons. The van der Waals surface area contributed by atoms with E-state index in [1.54, 1.807) is 19.2 Å². The second-order valence-corrected chi connectivity index (χ2v) is 4.87. The fourth-order valence-corrected chi connectivity index (χ4v) is 2.29. The minimum absolute atomic E-state index is 0.256. The van der Waals surface area contributed by atoms with E-state index in [2.05, 4.69) is 10.6 Å². The van der Waals surface area contributed by atoms with E-state index in [1.807, 2.05) is 6.07 Å². The first-order valence-electron chi connectivity index (χ1n) is 6.90. The largest absolute Gasteiger partial charge is 0.382 e. The highest BCUT2D eigenvalue weighted by atomic mass is 16.5. The molecule has 21 heavy (non-hydrogen) atoms. The summed E-state index contributed by atoms with van der Waals surface area (Å²) in [5.41, 5.74) is 2.54. The van der Waals surface area contributed by atoms with Crippen LogP contribution >= 0.6 is 0 Å². The maximum atomic E-state index is 11.9. The van der Waals surface area contributed by atoms with E-state index in [9.17, 15) is 9.59 Å². The molecule has 1 aliphatic heterocycles. The Hall–Kier alpha value is -1.76. The van der Waals surface area contributed by atoms with Crippen LogP contribution in [0.25, 0.3) is 0 Å². The van der Waals surface area contributed by atoms with Crippen molar-refractivity contribution in [2.75, 3.05) is 26.9 Å². The van der Waals surface area contributed by atoms with Gasteiger partial charge in [0.05, 0.1) is 13.2 Å². The quantitative estimate of drug-likeness (QED) is 0.784. The molecule has 2 N–H and O–H groups in total. The molecule has 0 spiro atoms. The number of methoxy groups -OCH3 is 1. The van der Waals surface area contributed by atoms with Crippen LogP contribution in [0.5, 0.6) is 0 Å². The molecule has 1 aromatic carbocycles. The highest BCUT2D eigenvalue weighted by molar-refractivity contribution is 6.04. The molecule has 0 fully saturated rings. The highest BCUT2D eigenvalue weighted by Gasteiger charge is 2.21. The van der Waals surface area contributed by atoms with Gasteiger partial charge in [-0.2, -0.15) is 0 Å². The zero-order valence-corrected chi connectivity index (χ0v) is 12.3. The summed E-state index contributed by atoms with van der Waals surface area (Å²) in [5.74, 6) is -0.768. The van der Waals surface area contributed by atoms with Crippen molar-refractivity contribution in [1.82, 2.24) is 10.6 Å². The number of hydrogen-bond donors (Lipinski definition) is 2. The SMILES string of the molecule is COCCOC1NCCc2ccc(C(=O)NC(C)=O)cc21. The summed E-state index contributed by atoms with van der Waals surface area (Å²) in [5, 5.41) is 5.54. The van der Waals surface area contributed by atoms with Gasteiger partial charge in [0.25, 0.3) is 5.91 Å². The molecule has 6 heteroatoms. The molecule has 2 amide bonds. The molecule has 114 valence electrons. The number of carbonyl (C=O) groups excluding carboxylic acids is 2. The van der Waals surface area contributed by atoms with Crippen LogP contribution in [0.2, 0.25) is 0 Å². The monoisotopic (exact) mass is 292 g/mol. The third-order valence-corrected chi connectivity index (χ3v) is 3.28. The summed E-state index contributed by atoms with van der Waals surface area (Å²) in [7, 11) is 1.62. The molecule has 0 saturated carbocycles. The third-order valence-electron chi connectivity index (χ3n) is 3.28. The third kappa shape index (κ3) is 4.10. The highest BCUT2D eigenvalue weighted by Crippen LogP contribution is 2.25. The first-order valence-corrected chi connectivity index (χ1v) is 6.90. The molecule has 0 bridgehead atoms. The summed E-state index contributed by atoms with van der Waals surface area (Å²) >= 11 is 0. The summed E-state index contributed by atoms with van der Waals surface area (Å²) in [4.78, 5) is 22.9. The Morgan fingerprint density at radius 3 is 2.90 bits per heavy atom. The normalized spacial score (nSPS) is 17.1. The number of ether oxygens (including phenoxy) is 2. The molecular formula is C15H20N2O4. The van der Waals surface area contributed by atoms with Crippen LogP contribution in [-0.4, -0.2) is 38.7 Å². The van der Waals surface area contributed by atoms with Gasteiger partial charge in [-0.25, -0.2) is 0 Å². The van der Waals surface area contributed by atoms with Crippen molar-refractivity contribution in [2.24, 2.45) is 0 Å². The fraction of sp³-hybridized carbons (Fsp3) is 0.467. The minimum Gasteiger partial charge on any atom is -0.382 e. The van der Waals surface area contributed by atoms with E-state index >= 15 is 0 Å². The second-order valence-electron chi connectivity index (χ2n) is 4.87. The Morgan fingerprint density at radius 1 is 1.38 bits per heavy atom. The predicted molar refractivity (Wildman–Crippen MR) is 76.9 cm³/mol. The van der Waals surface area contributed by atoms with Crippen molar-refractivity contribution in [1.29, 1.82) is 0 Å². The van der Waals surface area contributed by atoms with Gasteiger partial charge in [0.2, 0.25) is 5.91 Å². The van der Waals surface area contributed by atoms with E-state index in [1.165, 1.54) is 6.92 Å². The van der Waals surface area contributed by atoms with Crippen molar-refractivity contribution in [3.8, 4) is 0 Å². The first-order chi connectivity index (χ1) is 10.1. The summed E-state index contributed by atoms with van der Waals surface area (Å²) in [6, 6.07) is 5.42.